The van der Waals surface area contributed by atoms with Crippen LogP contribution in [0.2, 0.25) is 0 Å². The van der Waals surface area contributed by atoms with Crippen molar-refractivity contribution < 1.29 is 19.0 Å². The van der Waals surface area contributed by atoms with Crippen molar-refractivity contribution in [2.24, 2.45) is 0 Å². The minimum absolute atomic E-state index is 0.138. The van der Waals surface area contributed by atoms with Crippen LogP contribution in [0.15, 0.2) is 24.4 Å². The average Bonchev–Trinajstić information content (AvgIpc) is 2.58. The Morgan fingerprint density at radius 1 is 1.25 bits per heavy atom. The molecule has 0 bridgehead atoms. The fraction of sp³-hybridized carbons (Fsp3) is 0.444. The minimum Gasteiger partial charge on any atom is -0.497 e. The van der Waals surface area contributed by atoms with Crippen molar-refractivity contribution in [2.75, 3.05) is 26.1 Å². The number of nitrogens with zero attached hydrogens (tertiary/aromatic N) is 1. The highest BCUT2D eigenvalue weighted by atomic mass is 16.5. The first-order chi connectivity index (χ1) is 11.7. The molecule has 0 atom stereocenters. The van der Waals surface area contributed by atoms with Crippen LogP contribution in [0.25, 0.3) is 10.9 Å². The van der Waals surface area contributed by atoms with E-state index in [9.17, 15) is 4.79 Å². The molecule has 0 amide bonds. The van der Waals surface area contributed by atoms with Crippen LogP contribution in [0.4, 0.5) is 5.69 Å². The second-order valence-electron chi connectivity index (χ2n) is 5.39. The van der Waals surface area contributed by atoms with Crippen LogP contribution < -0.4 is 15.2 Å². The SMILES string of the molecule is CCOC(=O)CCCCCOc1ccnc2c(N)cc(OC)cc12. The summed E-state index contributed by atoms with van der Waals surface area (Å²) in [5.41, 5.74) is 7.27. The summed E-state index contributed by atoms with van der Waals surface area (Å²) in [6.45, 7) is 2.81. The van der Waals surface area contributed by atoms with E-state index in [1.54, 1.807) is 19.4 Å². The van der Waals surface area contributed by atoms with Gasteiger partial charge in [-0.25, -0.2) is 0 Å². The number of hydrogen-bond acceptors (Lipinski definition) is 6. The highest BCUT2D eigenvalue weighted by molar-refractivity contribution is 5.94. The number of rotatable bonds is 9. The summed E-state index contributed by atoms with van der Waals surface area (Å²) in [6.07, 6.45) is 4.72. The number of anilines is 1. The van der Waals surface area contributed by atoms with Gasteiger partial charge in [-0.2, -0.15) is 0 Å². The van der Waals surface area contributed by atoms with Crippen molar-refractivity contribution in [3.63, 3.8) is 0 Å². The Morgan fingerprint density at radius 2 is 2.08 bits per heavy atom. The summed E-state index contributed by atoms with van der Waals surface area (Å²) in [7, 11) is 1.60. The molecule has 0 aliphatic rings. The average molecular weight is 332 g/mol. The Morgan fingerprint density at radius 3 is 2.83 bits per heavy atom. The van der Waals surface area contributed by atoms with Crippen LogP contribution in [-0.4, -0.2) is 31.3 Å². The summed E-state index contributed by atoms with van der Waals surface area (Å²) in [5, 5.41) is 0.834. The molecule has 6 heteroatoms. The molecular weight excluding hydrogens is 308 g/mol. The molecule has 2 aromatic rings. The molecule has 0 aliphatic heterocycles. The maximum Gasteiger partial charge on any atom is 0.305 e. The van der Waals surface area contributed by atoms with Crippen molar-refractivity contribution in [1.82, 2.24) is 4.98 Å². The van der Waals surface area contributed by atoms with Crippen molar-refractivity contribution in [2.45, 2.75) is 32.6 Å². The smallest absolute Gasteiger partial charge is 0.305 e. The van der Waals surface area contributed by atoms with Gasteiger partial charge in [0.15, 0.2) is 0 Å². The molecule has 1 heterocycles. The monoisotopic (exact) mass is 332 g/mol. The van der Waals surface area contributed by atoms with Gasteiger partial charge < -0.3 is 19.9 Å². The predicted octanol–water partition coefficient (Wildman–Crippen LogP) is 3.33. The first-order valence-corrected chi connectivity index (χ1v) is 8.16. The van der Waals surface area contributed by atoms with Crippen molar-refractivity contribution in [3.05, 3.63) is 24.4 Å². The van der Waals surface area contributed by atoms with Gasteiger partial charge in [-0.05, 0) is 38.3 Å². The van der Waals surface area contributed by atoms with E-state index in [0.717, 1.165) is 30.4 Å². The first-order valence-electron chi connectivity index (χ1n) is 8.16. The van der Waals surface area contributed by atoms with Crippen LogP contribution in [0, 0.1) is 0 Å². The highest BCUT2D eigenvalue weighted by Gasteiger charge is 2.09. The zero-order valence-corrected chi connectivity index (χ0v) is 14.2. The lowest BCUT2D eigenvalue weighted by Crippen LogP contribution is -2.04. The molecule has 1 aromatic carbocycles. The third-order valence-corrected chi connectivity index (χ3v) is 3.63. The molecule has 0 unspecified atom stereocenters. The zero-order valence-electron chi connectivity index (χ0n) is 14.2. The van der Waals surface area contributed by atoms with Gasteiger partial charge in [0.2, 0.25) is 0 Å². The summed E-state index contributed by atoms with van der Waals surface area (Å²) in [5.74, 6) is 1.27. The normalized spacial score (nSPS) is 10.6. The fourth-order valence-corrected chi connectivity index (χ4v) is 2.44. The van der Waals surface area contributed by atoms with Gasteiger partial charge in [-0.3, -0.25) is 9.78 Å². The molecule has 24 heavy (non-hydrogen) atoms. The Kier molecular flexibility index (Phi) is 6.66. The van der Waals surface area contributed by atoms with E-state index in [1.165, 1.54) is 0 Å². The van der Waals surface area contributed by atoms with Gasteiger partial charge >= 0.3 is 5.97 Å². The van der Waals surface area contributed by atoms with Crippen LogP contribution in [-0.2, 0) is 9.53 Å². The summed E-state index contributed by atoms with van der Waals surface area (Å²) in [6, 6.07) is 5.43. The van der Waals surface area contributed by atoms with Crippen LogP contribution in [0.1, 0.15) is 32.6 Å². The number of nitrogens with two attached hydrogens (primary N) is 1. The Labute approximate surface area is 141 Å². The molecule has 0 radical (unpaired) electrons. The third kappa shape index (κ3) is 4.75. The van der Waals surface area contributed by atoms with Crippen LogP contribution in [0.5, 0.6) is 11.5 Å². The Hall–Kier alpha value is -2.50. The number of ether oxygens (including phenoxy) is 3. The van der Waals surface area contributed by atoms with Gasteiger partial charge in [0.1, 0.15) is 11.5 Å². The third-order valence-electron chi connectivity index (χ3n) is 3.63. The lowest BCUT2D eigenvalue weighted by Gasteiger charge is -2.11. The van der Waals surface area contributed by atoms with Crippen LogP contribution >= 0.6 is 0 Å². The maximum atomic E-state index is 11.3. The molecule has 0 spiro atoms. The number of pyridine rings is 1. The number of unbranched alkanes of at least 4 members (excludes halogenated alkanes) is 2. The zero-order chi connectivity index (χ0) is 17.4. The largest absolute Gasteiger partial charge is 0.497 e. The Balaban J connectivity index is 1.89. The lowest BCUT2D eigenvalue weighted by atomic mass is 10.1. The van der Waals surface area contributed by atoms with E-state index in [0.29, 0.717) is 36.6 Å². The summed E-state index contributed by atoms with van der Waals surface area (Å²) >= 11 is 0. The molecule has 2 rings (SSSR count). The predicted molar refractivity (Wildman–Crippen MR) is 93.3 cm³/mol. The number of hydrogen-bond donors (Lipinski definition) is 1. The Bertz CT molecular complexity index is 688. The molecule has 2 N–H and O–H groups in total. The number of nitrogen functional groups attached to an aromatic ring is 1. The topological polar surface area (TPSA) is 83.7 Å². The van der Waals surface area contributed by atoms with Gasteiger partial charge in [0.25, 0.3) is 0 Å². The fourth-order valence-electron chi connectivity index (χ4n) is 2.44. The number of carbonyl (C=O) groups is 1. The molecule has 0 fully saturated rings. The number of methoxy groups -OCH3 is 1. The number of carbonyl (C=O) groups excluding carboxylic acids is 1. The highest BCUT2D eigenvalue weighted by Crippen LogP contribution is 2.32. The van der Waals surface area contributed by atoms with Crippen molar-refractivity contribution in [1.29, 1.82) is 0 Å². The van der Waals surface area contributed by atoms with Crippen LogP contribution in [0.3, 0.4) is 0 Å². The van der Waals surface area contributed by atoms with E-state index in [2.05, 4.69) is 4.98 Å². The summed E-state index contributed by atoms with van der Waals surface area (Å²) < 4.78 is 16.0. The molecule has 130 valence electrons. The van der Waals surface area contributed by atoms with Gasteiger partial charge in [-0.15, -0.1) is 0 Å². The summed E-state index contributed by atoms with van der Waals surface area (Å²) in [4.78, 5) is 15.6. The van der Waals surface area contributed by atoms with E-state index >= 15 is 0 Å². The number of aromatic nitrogens is 1. The molecule has 0 saturated heterocycles. The molecule has 0 saturated carbocycles. The number of benzene rings is 1. The van der Waals surface area contributed by atoms with Crippen molar-refractivity contribution in [3.8, 4) is 11.5 Å². The number of esters is 1. The van der Waals surface area contributed by atoms with E-state index in [-0.39, 0.29) is 5.97 Å². The van der Waals surface area contributed by atoms with E-state index in [1.807, 2.05) is 19.1 Å². The first kappa shape index (κ1) is 17.8. The molecular formula is C18H24N2O4. The van der Waals surface area contributed by atoms with Gasteiger partial charge in [-0.1, -0.05) is 0 Å². The van der Waals surface area contributed by atoms with Gasteiger partial charge in [0.05, 0.1) is 31.5 Å². The van der Waals surface area contributed by atoms with Crippen molar-refractivity contribution >= 4 is 22.6 Å². The van der Waals surface area contributed by atoms with E-state index < -0.39 is 0 Å². The second kappa shape index (κ2) is 8.96. The number of fused-ring (bicyclic) bond motifs is 1. The van der Waals surface area contributed by atoms with E-state index in [4.69, 9.17) is 19.9 Å². The molecule has 0 aliphatic carbocycles. The second-order valence-corrected chi connectivity index (χ2v) is 5.39. The standard InChI is InChI=1S/C18H24N2O4/c1-3-23-17(21)7-5-4-6-10-24-16-8-9-20-18-14(16)11-13(22-2)12-15(18)19/h8-9,11-12H,3-7,10,19H2,1-2H3. The maximum absolute atomic E-state index is 11.3. The van der Waals surface area contributed by atoms with Gasteiger partial charge in [0, 0.05) is 24.1 Å². The molecule has 6 nitrogen and oxygen atoms in total. The quantitative estimate of drug-likeness (QED) is 0.431. The minimum atomic E-state index is -0.138. The lowest BCUT2D eigenvalue weighted by molar-refractivity contribution is -0.143. The molecule has 1 aromatic heterocycles.